The van der Waals surface area contributed by atoms with E-state index in [4.69, 9.17) is 4.98 Å². The molecule has 1 atom stereocenters. The van der Waals surface area contributed by atoms with Gasteiger partial charge in [0.2, 0.25) is 0 Å². The zero-order valence-corrected chi connectivity index (χ0v) is 17.2. The number of nitriles is 1. The van der Waals surface area contributed by atoms with Gasteiger partial charge < -0.3 is 5.32 Å². The van der Waals surface area contributed by atoms with Gasteiger partial charge in [0.25, 0.3) is 0 Å². The third kappa shape index (κ3) is 3.29. The highest BCUT2D eigenvalue weighted by atomic mass is 15.3. The van der Waals surface area contributed by atoms with Gasteiger partial charge in [0.15, 0.2) is 0 Å². The molecule has 1 saturated carbocycles. The van der Waals surface area contributed by atoms with Crippen LogP contribution in [0.4, 0.5) is 0 Å². The third-order valence-electron chi connectivity index (χ3n) is 6.44. The number of hydrogen-bond acceptors (Lipinski definition) is 5. The number of benzene rings is 1. The Hall–Kier alpha value is -3.50. The van der Waals surface area contributed by atoms with Crippen molar-refractivity contribution in [2.24, 2.45) is 5.92 Å². The molecule has 0 bridgehead atoms. The number of nitrogens with zero attached hydrogens (tertiary/aromatic N) is 6. The van der Waals surface area contributed by atoms with E-state index in [-0.39, 0.29) is 6.04 Å². The smallest absolute Gasteiger partial charge is 0.149 e. The Bertz CT molecular complexity index is 1310. The zero-order valence-electron chi connectivity index (χ0n) is 17.2. The molecule has 1 unspecified atom stereocenters. The molecule has 1 fully saturated rings. The first-order valence-electron chi connectivity index (χ1n) is 10.9. The normalized spacial score (nSPS) is 16.7. The fourth-order valence-electron chi connectivity index (χ4n) is 4.60. The molecule has 1 N–H and O–H groups in total. The fourth-order valence-corrected chi connectivity index (χ4v) is 4.60. The van der Waals surface area contributed by atoms with Crippen molar-refractivity contribution >= 4 is 5.65 Å². The zero-order chi connectivity index (χ0) is 20.8. The molecule has 1 aliphatic carbocycles. The Morgan fingerprint density at radius 1 is 1.19 bits per heavy atom. The van der Waals surface area contributed by atoms with Gasteiger partial charge in [0.05, 0.1) is 36.0 Å². The quantitative estimate of drug-likeness (QED) is 0.542. The second kappa shape index (κ2) is 7.33. The summed E-state index contributed by atoms with van der Waals surface area (Å²) < 4.78 is 3.96. The molecule has 7 nitrogen and oxygen atoms in total. The molecule has 0 amide bonds. The Morgan fingerprint density at radius 3 is 3.00 bits per heavy atom. The van der Waals surface area contributed by atoms with Gasteiger partial charge >= 0.3 is 0 Å². The van der Waals surface area contributed by atoms with E-state index in [9.17, 15) is 5.26 Å². The minimum atomic E-state index is 0.147. The lowest BCUT2D eigenvalue weighted by molar-refractivity contribution is 0.412. The first-order valence-corrected chi connectivity index (χ1v) is 10.9. The van der Waals surface area contributed by atoms with Crippen LogP contribution in [0.15, 0.2) is 49.1 Å². The maximum atomic E-state index is 9.24. The molecule has 31 heavy (non-hydrogen) atoms. The second-order valence-corrected chi connectivity index (χ2v) is 8.51. The number of fused-ring (bicyclic) bond motifs is 2. The van der Waals surface area contributed by atoms with Gasteiger partial charge in [-0.2, -0.15) is 10.4 Å². The molecule has 0 radical (unpaired) electrons. The Morgan fingerprint density at radius 2 is 2.13 bits per heavy atom. The van der Waals surface area contributed by atoms with E-state index < -0.39 is 0 Å². The maximum absolute atomic E-state index is 9.24. The monoisotopic (exact) mass is 409 g/mol. The van der Waals surface area contributed by atoms with E-state index in [1.165, 1.54) is 24.0 Å². The van der Waals surface area contributed by atoms with Crippen molar-refractivity contribution in [1.29, 1.82) is 5.26 Å². The lowest BCUT2D eigenvalue weighted by atomic mass is 9.97. The van der Waals surface area contributed by atoms with Crippen LogP contribution in [-0.2, 0) is 13.0 Å². The van der Waals surface area contributed by atoms with Crippen molar-refractivity contribution in [3.05, 3.63) is 60.2 Å². The molecule has 2 aliphatic rings. The van der Waals surface area contributed by atoms with Crippen LogP contribution in [0.1, 0.15) is 36.4 Å². The molecule has 154 valence electrons. The summed E-state index contributed by atoms with van der Waals surface area (Å²) in [5.74, 6) is 1.38. The predicted molar refractivity (Wildman–Crippen MR) is 117 cm³/mol. The minimum Gasteiger partial charge on any atom is -0.312 e. The van der Waals surface area contributed by atoms with Crippen molar-refractivity contribution < 1.29 is 0 Å². The van der Waals surface area contributed by atoms with E-state index in [1.54, 1.807) is 6.20 Å². The highest BCUT2D eigenvalue weighted by Gasteiger charge is 2.33. The molecule has 3 aromatic heterocycles. The standard InChI is InChI=1S/C24H23N7/c25-7-5-22(17-2-3-17)31-15-20(14-28-31)24-29-21(12-23-27-9-10-30(23)24)18-4-1-16-6-8-26-13-19(16)11-18/h1,4,9-12,14-15,17,22,26H,2-3,5-6,8,13H2. The van der Waals surface area contributed by atoms with Crippen LogP contribution in [-0.4, -0.2) is 30.7 Å². The number of aromatic nitrogens is 5. The Balaban J connectivity index is 1.43. The van der Waals surface area contributed by atoms with Crippen molar-refractivity contribution in [3.63, 3.8) is 0 Å². The van der Waals surface area contributed by atoms with Crippen LogP contribution in [0.3, 0.4) is 0 Å². The van der Waals surface area contributed by atoms with Crippen molar-refractivity contribution in [1.82, 2.24) is 29.5 Å². The molecule has 4 heterocycles. The largest absolute Gasteiger partial charge is 0.312 e. The summed E-state index contributed by atoms with van der Waals surface area (Å²) in [7, 11) is 0. The van der Waals surface area contributed by atoms with Gasteiger partial charge in [0.1, 0.15) is 11.5 Å². The predicted octanol–water partition coefficient (Wildman–Crippen LogP) is 3.77. The second-order valence-electron chi connectivity index (χ2n) is 8.51. The molecule has 7 heteroatoms. The van der Waals surface area contributed by atoms with Crippen LogP contribution in [0.2, 0.25) is 0 Å². The Labute approximate surface area is 180 Å². The van der Waals surface area contributed by atoms with Gasteiger partial charge in [-0.1, -0.05) is 12.1 Å². The highest BCUT2D eigenvalue weighted by Crippen LogP contribution is 2.41. The lowest BCUT2D eigenvalue weighted by Crippen LogP contribution is -2.23. The molecule has 6 rings (SSSR count). The van der Waals surface area contributed by atoms with Crippen LogP contribution in [0, 0.1) is 17.2 Å². The fraction of sp³-hybridized carbons (Fsp3) is 0.333. The van der Waals surface area contributed by atoms with Gasteiger partial charge in [-0.05, 0) is 48.9 Å². The highest BCUT2D eigenvalue weighted by molar-refractivity contribution is 5.69. The number of hydrogen-bond donors (Lipinski definition) is 1. The lowest BCUT2D eigenvalue weighted by Gasteiger charge is -2.18. The van der Waals surface area contributed by atoms with Gasteiger partial charge in [-0.15, -0.1) is 0 Å². The van der Waals surface area contributed by atoms with E-state index in [0.29, 0.717) is 12.3 Å². The number of rotatable bonds is 5. The molecule has 1 aliphatic heterocycles. The van der Waals surface area contributed by atoms with Crippen molar-refractivity contribution in [3.8, 4) is 28.7 Å². The SMILES string of the molecule is N#CCC(C1CC1)n1cc(-c2nc(-c3ccc4c(c3)CNCC4)cc3nccn23)cn1. The maximum Gasteiger partial charge on any atom is 0.149 e. The summed E-state index contributed by atoms with van der Waals surface area (Å²) >= 11 is 0. The van der Waals surface area contributed by atoms with Crippen LogP contribution < -0.4 is 5.32 Å². The van der Waals surface area contributed by atoms with E-state index in [1.807, 2.05) is 33.7 Å². The topological polar surface area (TPSA) is 83.8 Å². The summed E-state index contributed by atoms with van der Waals surface area (Å²) in [5.41, 5.74) is 6.56. The van der Waals surface area contributed by atoms with Crippen molar-refractivity contribution in [2.75, 3.05) is 6.54 Å². The van der Waals surface area contributed by atoms with E-state index in [0.717, 1.165) is 47.8 Å². The average molecular weight is 409 g/mol. The average Bonchev–Trinajstić information content (AvgIpc) is 3.32. The molecular formula is C24H23N7. The third-order valence-corrected chi connectivity index (χ3v) is 6.44. The number of imidazole rings is 1. The molecule has 0 spiro atoms. The number of nitrogens with one attached hydrogen (secondary N) is 1. The molecular weight excluding hydrogens is 386 g/mol. The van der Waals surface area contributed by atoms with E-state index >= 15 is 0 Å². The first-order chi connectivity index (χ1) is 15.3. The summed E-state index contributed by atoms with van der Waals surface area (Å²) in [4.78, 5) is 9.55. The summed E-state index contributed by atoms with van der Waals surface area (Å²) in [6.07, 6.45) is 11.5. The molecule has 4 aromatic rings. The summed E-state index contributed by atoms with van der Waals surface area (Å²) in [5, 5.41) is 17.3. The minimum absolute atomic E-state index is 0.147. The van der Waals surface area contributed by atoms with Gasteiger partial charge in [0, 0.05) is 36.8 Å². The van der Waals surface area contributed by atoms with Crippen LogP contribution in [0.5, 0.6) is 0 Å². The van der Waals surface area contributed by atoms with Crippen LogP contribution in [0.25, 0.3) is 28.3 Å². The molecule has 0 saturated heterocycles. The molecule has 1 aromatic carbocycles. The van der Waals surface area contributed by atoms with Crippen LogP contribution >= 0.6 is 0 Å². The summed E-state index contributed by atoms with van der Waals surface area (Å²) in [6.45, 7) is 1.93. The van der Waals surface area contributed by atoms with Gasteiger partial charge in [-0.3, -0.25) is 9.08 Å². The first kappa shape index (κ1) is 18.3. The summed E-state index contributed by atoms with van der Waals surface area (Å²) in [6, 6.07) is 11.1. The van der Waals surface area contributed by atoms with Gasteiger partial charge in [-0.25, -0.2) is 9.97 Å². The Kier molecular flexibility index (Phi) is 4.32. The van der Waals surface area contributed by atoms with Crippen molar-refractivity contribution in [2.45, 2.75) is 38.3 Å². The van der Waals surface area contributed by atoms with E-state index in [2.05, 4.69) is 39.7 Å².